The van der Waals surface area contributed by atoms with Crippen LogP contribution in [-0.2, 0) is 21.4 Å². The van der Waals surface area contributed by atoms with Gasteiger partial charge in [0, 0.05) is 11.4 Å². The number of carbonyl (C=O) groups excluding carboxylic acids is 1. The summed E-state index contributed by atoms with van der Waals surface area (Å²) in [4.78, 5) is 13.3. The summed E-state index contributed by atoms with van der Waals surface area (Å²) in [5.74, 6) is -0.511. The van der Waals surface area contributed by atoms with Crippen molar-refractivity contribution in [3.8, 4) is 0 Å². The van der Waals surface area contributed by atoms with Gasteiger partial charge in [0.2, 0.25) is 10.0 Å². The number of amides is 1. The number of hydrazone groups is 1. The highest BCUT2D eigenvalue weighted by atomic mass is 32.2. The van der Waals surface area contributed by atoms with Crippen LogP contribution < -0.4 is 5.43 Å². The second-order valence-electron chi connectivity index (χ2n) is 5.88. The maximum absolute atomic E-state index is 13.0. The topological polar surface area (TPSA) is 78.8 Å². The van der Waals surface area contributed by atoms with Crippen molar-refractivity contribution in [1.82, 2.24) is 9.73 Å². The summed E-state index contributed by atoms with van der Waals surface area (Å²) in [6.07, 6.45) is 1.52. The second kappa shape index (κ2) is 9.41. The Labute approximate surface area is 168 Å². The highest BCUT2D eigenvalue weighted by Crippen LogP contribution is 2.18. The standard InChI is InChI=1S/C20H19N3O3S2/c24-20(22-21-14-18-10-7-13-27-18)16-23(15-17-8-3-1-4-9-17)28(25,26)19-11-5-2-6-12-19/h1-14H,15-16H2,(H,22,24)/b21-14+. The molecule has 0 saturated heterocycles. The minimum Gasteiger partial charge on any atom is -0.272 e. The number of hydrogen-bond donors (Lipinski definition) is 1. The molecule has 0 aliphatic rings. The molecule has 2 aromatic carbocycles. The lowest BCUT2D eigenvalue weighted by molar-refractivity contribution is -0.121. The van der Waals surface area contributed by atoms with E-state index >= 15 is 0 Å². The Morgan fingerprint density at radius 3 is 2.32 bits per heavy atom. The Bertz CT molecular complexity index is 1020. The summed E-state index contributed by atoms with van der Waals surface area (Å²) >= 11 is 1.48. The quantitative estimate of drug-likeness (QED) is 0.455. The van der Waals surface area contributed by atoms with Gasteiger partial charge in [0.1, 0.15) is 0 Å². The largest absolute Gasteiger partial charge is 0.272 e. The molecule has 1 amide bonds. The highest BCUT2D eigenvalue weighted by Gasteiger charge is 2.26. The van der Waals surface area contributed by atoms with Crippen molar-refractivity contribution in [3.05, 3.63) is 88.6 Å². The van der Waals surface area contributed by atoms with Crippen LogP contribution in [0.3, 0.4) is 0 Å². The van der Waals surface area contributed by atoms with Crippen molar-refractivity contribution in [1.29, 1.82) is 0 Å². The summed E-state index contributed by atoms with van der Waals surface area (Å²) in [6.45, 7) is -0.256. The molecular weight excluding hydrogens is 394 g/mol. The Balaban J connectivity index is 1.77. The van der Waals surface area contributed by atoms with Crippen molar-refractivity contribution in [2.45, 2.75) is 11.4 Å². The molecule has 28 heavy (non-hydrogen) atoms. The first-order chi connectivity index (χ1) is 13.6. The van der Waals surface area contributed by atoms with Crippen molar-refractivity contribution in [3.63, 3.8) is 0 Å². The summed E-state index contributed by atoms with van der Waals surface area (Å²) < 4.78 is 27.2. The fraction of sp³-hybridized carbons (Fsp3) is 0.100. The van der Waals surface area contributed by atoms with E-state index in [1.165, 1.54) is 29.7 Å². The number of nitrogens with zero attached hydrogens (tertiary/aromatic N) is 2. The molecule has 0 saturated carbocycles. The molecule has 0 atom stereocenters. The SMILES string of the molecule is O=C(CN(Cc1ccccc1)S(=O)(=O)c1ccccc1)N/N=C/c1cccs1. The minimum absolute atomic E-state index is 0.0835. The molecule has 0 radical (unpaired) electrons. The third kappa shape index (κ3) is 5.35. The van der Waals surface area contributed by atoms with E-state index in [4.69, 9.17) is 0 Å². The highest BCUT2D eigenvalue weighted by molar-refractivity contribution is 7.89. The summed E-state index contributed by atoms with van der Waals surface area (Å²) in [7, 11) is -3.84. The van der Waals surface area contributed by atoms with Gasteiger partial charge in [-0.2, -0.15) is 9.41 Å². The average Bonchev–Trinajstić information content (AvgIpc) is 3.22. The summed E-state index contributed by atoms with van der Waals surface area (Å²) in [6, 6.07) is 21.0. The Morgan fingerprint density at radius 2 is 1.68 bits per heavy atom. The Morgan fingerprint density at radius 1 is 1.00 bits per heavy atom. The zero-order valence-corrected chi connectivity index (χ0v) is 16.6. The van der Waals surface area contributed by atoms with Crippen molar-refractivity contribution in [2.24, 2.45) is 5.10 Å². The molecule has 8 heteroatoms. The molecule has 1 aromatic heterocycles. The first-order valence-corrected chi connectivity index (χ1v) is 10.8. The monoisotopic (exact) mass is 413 g/mol. The number of nitrogens with one attached hydrogen (secondary N) is 1. The summed E-state index contributed by atoms with van der Waals surface area (Å²) in [5, 5.41) is 5.79. The number of sulfonamides is 1. The van der Waals surface area contributed by atoms with E-state index in [9.17, 15) is 13.2 Å². The van der Waals surface area contributed by atoms with Gasteiger partial charge in [-0.1, -0.05) is 54.6 Å². The number of rotatable bonds is 8. The van der Waals surface area contributed by atoms with Crippen LogP contribution in [0.2, 0.25) is 0 Å². The van der Waals surface area contributed by atoms with E-state index in [0.29, 0.717) is 0 Å². The molecule has 0 unspecified atom stereocenters. The van der Waals surface area contributed by atoms with Gasteiger partial charge in [-0.05, 0) is 29.1 Å². The van der Waals surface area contributed by atoms with Gasteiger partial charge in [0.25, 0.3) is 5.91 Å². The lowest BCUT2D eigenvalue weighted by atomic mass is 10.2. The molecular formula is C20H19N3O3S2. The fourth-order valence-corrected chi connectivity index (χ4v) is 4.47. The van der Waals surface area contributed by atoms with Gasteiger partial charge in [0.15, 0.2) is 0 Å². The molecule has 0 bridgehead atoms. The molecule has 1 heterocycles. The zero-order chi connectivity index (χ0) is 19.8. The molecule has 0 fully saturated rings. The maximum atomic E-state index is 13.0. The van der Waals surface area contributed by atoms with Crippen molar-refractivity contribution < 1.29 is 13.2 Å². The third-order valence-corrected chi connectivity index (χ3v) is 6.44. The van der Waals surface area contributed by atoms with Crippen LogP contribution in [0.1, 0.15) is 10.4 Å². The van der Waals surface area contributed by atoms with E-state index in [0.717, 1.165) is 14.7 Å². The number of hydrogen-bond acceptors (Lipinski definition) is 5. The molecule has 3 rings (SSSR count). The van der Waals surface area contributed by atoms with Crippen LogP contribution in [0.25, 0.3) is 0 Å². The van der Waals surface area contributed by atoms with E-state index in [1.807, 2.05) is 47.8 Å². The average molecular weight is 414 g/mol. The van der Waals surface area contributed by atoms with Crippen LogP contribution in [-0.4, -0.2) is 31.4 Å². The van der Waals surface area contributed by atoms with Gasteiger partial charge in [0.05, 0.1) is 17.7 Å². The van der Waals surface area contributed by atoms with Gasteiger partial charge in [-0.3, -0.25) is 4.79 Å². The maximum Gasteiger partial charge on any atom is 0.255 e. The van der Waals surface area contributed by atoms with Crippen LogP contribution in [0.4, 0.5) is 0 Å². The molecule has 3 aromatic rings. The lowest BCUT2D eigenvalue weighted by Gasteiger charge is -2.21. The van der Waals surface area contributed by atoms with Crippen molar-refractivity contribution in [2.75, 3.05) is 6.54 Å². The van der Waals surface area contributed by atoms with E-state index in [2.05, 4.69) is 10.5 Å². The molecule has 0 aliphatic carbocycles. The zero-order valence-electron chi connectivity index (χ0n) is 14.9. The summed E-state index contributed by atoms with van der Waals surface area (Å²) in [5.41, 5.74) is 3.18. The van der Waals surface area contributed by atoms with Crippen LogP contribution >= 0.6 is 11.3 Å². The molecule has 6 nitrogen and oxygen atoms in total. The van der Waals surface area contributed by atoms with Gasteiger partial charge < -0.3 is 0 Å². The van der Waals surface area contributed by atoms with Crippen LogP contribution in [0, 0.1) is 0 Å². The molecule has 0 aliphatic heterocycles. The second-order valence-corrected chi connectivity index (χ2v) is 8.80. The smallest absolute Gasteiger partial charge is 0.255 e. The number of carbonyl (C=O) groups is 1. The van der Waals surface area contributed by atoms with Gasteiger partial charge >= 0.3 is 0 Å². The Kier molecular flexibility index (Phi) is 6.70. The van der Waals surface area contributed by atoms with Gasteiger partial charge in [-0.25, -0.2) is 13.8 Å². The van der Waals surface area contributed by atoms with Crippen LogP contribution in [0.15, 0.2) is 88.2 Å². The van der Waals surface area contributed by atoms with E-state index < -0.39 is 15.9 Å². The lowest BCUT2D eigenvalue weighted by Crippen LogP contribution is -2.39. The minimum atomic E-state index is -3.84. The van der Waals surface area contributed by atoms with E-state index in [1.54, 1.807) is 18.2 Å². The van der Waals surface area contributed by atoms with Crippen molar-refractivity contribution >= 4 is 33.5 Å². The third-order valence-electron chi connectivity index (χ3n) is 3.83. The fourth-order valence-electron chi connectivity index (χ4n) is 2.48. The van der Waals surface area contributed by atoms with E-state index in [-0.39, 0.29) is 18.0 Å². The molecule has 0 spiro atoms. The predicted molar refractivity (Wildman–Crippen MR) is 111 cm³/mol. The Hall–Kier alpha value is -2.81. The first kappa shape index (κ1) is 19.9. The number of benzene rings is 2. The van der Waals surface area contributed by atoms with Crippen LogP contribution in [0.5, 0.6) is 0 Å². The molecule has 144 valence electrons. The number of thiophene rings is 1. The molecule has 1 N–H and O–H groups in total. The normalized spacial score (nSPS) is 11.8. The predicted octanol–water partition coefficient (Wildman–Crippen LogP) is 3.09. The first-order valence-electron chi connectivity index (χ1n) is 8.50. The van der Waals surface area contributed by atoms with Gasteiger partial charge in [-0.15, -0.1) is 11.3 Å².